The molecule has 0 fully saturated rings. The number of carbonyl (C=O) groups excluding carboxylic acids is 1. The van der Waals surface area contributed by atoms with Crippen LogP contribution in [0.5, 0.6) is 11.5 Å². The lowest BCUT2D eigenvalue weighted by atomic mass is 10.2. The van der Waals surface area contributed by atoms with E-state index in [1.165, 1.54) is 0 Å². The predicted molar refractivity (Wildman–Crippen MR) is 80.2 cm³/mol. The normalized spacial score (nSPS) is 9.76. The molecule has 2 aromatic rings. The summed E-state index contributed by atoms with van der Waals surface area (Å²) in [6.07, 6.45) is 1.55. The Kier molecular flexibility index (Phi) is 5.56. The molecular formula is C17H17NO3. The fraction of sp³-hybridized carbons (Fsp3) is 0.235. The smallest absolute Gasteiger partial charge is 0.235 e. The molecule has 0 aromatic heterocycles. The average Bonchev–Trinajstić information content (AvgIpc) is 2.53. The highest BCUT2D eigenvalue weighted by molar-refractivity contribution is 5.47. The van der Waals surface area contributed by atoms with Gasteiger partial charge in [0, 0.05) is 5.56 Å². The Balaban J connectivity index is 2.22. The number of hydrogen-bond acceptors (Lipinski definition) is 4. The fourth-order valence-corrected chi connectivity index (χ4v) is 1.97. The van der Waals surface area contributed by atoms with Crippen LogP contribution in [0.15, 0.2) is 53.5 Å². The first-order chi connectivity index (χ1) is 10.3. The first-order valence-corrected chi connectivity index (χ1v) is 6.80. The van der Waals surface area contributed by atoms with Crippen LogP contribution in [0, 0.1) is 0 Å². The van der Waals surface area contributed by atoms with Crippen LogP contribution in [0.1, 0.15) is 18.1 Å². The van der Waals surface area contributed by atoms with Gasteiger partial charge in [-0.3, -0.25) is 0 Å². The minimum absolute atomic E-state index is 0.231. The summed E-state index contributed by atoms with van der Waals surface area (Å²) < 4.78 is 11.5. The van der Waals surface area contributed by atoms with E-state index in [0.29, 0.717) is 24.7 Å². The summed E-state index contributed by atoms with van der Waals surface area (Å²) in [5.41, 5.74) is 1.87. The summed E-state index contributed by atoms with van der Waals surface area (Å²) in [4.78, 5) is 13.9. The van der Waals surface area contributed by atoms with Crippen molar-refractivity contribution in [1.29, 1.82) is 0 Å². The molecule has 0 heterocycles. The van der Waals surface area contributed by atoms with E-state index >= 15 is 0 Å². The molecule has 0 saturated heterocycles. The average molecular weight is 283 g/mol. The number of benzene rings is 2. The molecule has 0 aliphatic rings. The largest absolute Gasteiger partial charge is 0.490 e. The highest BCUT2D eigenvalue weighted by Crippen LogP contribution is 2.32. The predicted octanol–water partition coefficient (Wildman–Crippen LogP) is 3.50. The van der Waals surface area contributed by atoms with Gasteiger partial charge >= 0.3 is 0 Å². The minimum Gasteiger partial charge on any atom is -0.490 e. The van der Waals surface area contributed by atoms with Gasteiger partial charge in [-0.25, -0.2) is 9.79 Å². The van der Waals surface area contributed by atoms with E-state index in [4.69, 9.17) is 9.47 Å². The van der Waals surface area contributed by atoms with Gasteiger partial charge in [0.15, 0.2) is 11.5 Å². The van der Waals surface area contributed by atoms with Crippen molar-refractivity contribution < 1.29 is 14.3 Å². The molecular weight excluding hydrogens is 266 g/mol. The van der Waals surface area contributed by atoms with Gasteiger partial charge < -0.3 is 9.47 Å². The highest BCUT2D eigenvalue weighted by Gasteiger charge is 2.11. The van der Waals surface area contributed by atoms with Crippen molar-refractivity contribution in [1.82, 2.24) is 0 Å². The third-order valence-corrected chi connectivity index (χ3v) is 2.90. The van der Waals surface area contributed by atoms with Crippen molar-refractivity contribution in [2.45, 2.75) is 20.1 Å². The van der Waals surface area contributed by atoms with Gasteiger partial charge in [0.25, 0.3) is 0 Å². The Morgan fingerprint density at radius 3 is 2.57 bits per heavy atom. The van der Waals surface area contributed by atoms with Gasteiger partial charge in [0.2, 0.25) is 6.08 Å². The molecule has 21 heavy (non-hydrogen) atoms. The number of isocyanates is 1. The molecule has 0 saturated carbocycles. The molecule has 0 bridgehead atoms. The van der Waals surface area contributed by atoms with Crippen LogP contribution in [-0.2, 0) is 17.9 Å². The number of rotatable bonds is 7. The quantitative estimate of drug-likeness (QED) is 0.577. The lowest BCUT2D eigenvalue weighted by molar-refractivity contribution is 0.267. The maximum absolute atomic E-state index is 10.3. The molecule has 0 unspecified atom stereocenters. The van der Waals surface area contributed by atoms with Gasteiger partial charge in [-0.05, 0) is 18.6 Å². The summed E-state index contributed by atoms with van der Waals surface area (Å²) in [6.45, 7) is 3.12. The van der Waals surface area contributed by atoms with Gasteiger partial charge in [0.05, 0.1) is 13.2 Å². The molecule has 2 aromatic carbocycles. The lowest BCUT2D eigenvalue weighted by Crippen LogP contribution is -2.02. The maximum Gasteiger partial charge on any atom is 0.235 e. The van der Waals surface area contributed by atoms with Crippen LogP contribution in [0.25, 0.3) is 0 Å². The molecule has 0 N–H and O–H groups in total. The minimum atomic E-state index is 0.231. The monoisotopic (exact) mass is 283 g/mol. The van der Waals surface area contributed by atoms with Crippen LogP contribution in [0.3, 0.4) is 0 Å². The summed E-state index contributed by atoms with van der Waals surface area (Å²) in [5, 5.41) is 0. The van der Waals surface area contributed by atoms with Crippen LogP contribution in [-0.4, -0.2) is 12.7 Å². The number of nitrogens with zero attached hydrogens (tertiary/aromatic N) is 1. The van der Waals surface area contributed by atoms with Crippen molar-refractivity contribution in [3.05, 3.63) is 59.7 Å². The number of aliphatic imine (C=N–C) groups is 1. The van der Waals surface area contributed by atoms with Crippen LogP contribution >= 0.6 is 0 Å². The lowest BCUT2D eigenvalue weighted by Gasteiger charge is -2.15. The van der Waals surface area contributed by atoms with E-state index in [9.17, 15) is 4.79 Å². The second-order valence-corrected chi connectivity index (χ2v) is 4.36. The van der Waals surface area contributed by atoms with E-state index in [-0.39, 0.29) is 6.54 Å². The number of ether oxygens (including phenoxy) is 2. The molecule has 108 valence electrons. The SMILES string of the molecule is CCOc1cccc(CN=C=O)c1OCc1ccccc1. The van der Waals surface area contributed by atoms with E-state index in [2.05, 4.69) is 4.99 Å². The second kappa shape index (κ2) is 7.88. The Morgan fingerprint density at radius 2 is 1.86 bits per heavy atom. The molecule has 2 rings (SSSR count). The van der Waals surface area contributed by atoms with Crippen molar-refractivity contribution in [2.75, 3.05) is 6.61 Å². The van der Waals surface area contributed by atoms with E-state index in [0.717, 1.165) is 11.1 Å². The van der Waals surface area contributed by atoms with Gasteiger partial charge in [-0.1, -0.05) is 42.5 Å². The standard InChI is InChI=1S/C17H17NO3/c1-2-20-16-10-6-9-15(11-18-13-19)17(16)21-12-14-7-4-3-5-8-14/h3-10H,2,11-12H2,1H3. The molecule has 0 aliphatic heterocycles. The molecule has 4 nitrogen and oxygen atoms in total. The van der Waals surface area contributed by atoms with Gasteiger partial charge in [0.1, 0.15) is 6.61 Å². The van der Waals surface area contributed by atoms with Crippen LogP contribution in [0.4, 0.5) is 0 Å². The zero-order valence-electron chi connectivity index (χ0n) is 11.9. The zero-order chi connectivity index (χ0) is 14.9. The van der Waals surface area contributed by atoms with Crippen LogP contribution in [0.2, 0.25) is 0 Å². The van der Waals surface area contributed by atoms with Crippen molar-refractivity contribution >= 4 is 6.08 Å². The number of para-hydroxylation sites is 1. The molecule has 0 atom stereocenters. The van der Waals surface area contributed by atoms with Crippen molar-refractivity contribution in [3.63, 3.8) is 0 Å². The molecule has 0 aliphatic carbocycles. The summed E-state index contributed by atoms with van der Waals surface area (Å²) in [7, 11) is 0. The first-order valence-electron chi connectivity index (χ1n) is 6.80. The Bertz CT molecular complexity index is 619. The molecule has 0 amide bonds. The summed E-state index contributed by atoms with van der Waals surface area (Å²) in [5.74, 6) is 1.29. The van der Waals surface area contributed by atoms with Crippen LogP contribution < -0.4 is 9.47 Å². The van der Waals surface area contributed by atoms with E-state index < -0.39 is 0 Å². The van der Waals surface area contributed by atoms with E-state index in [1.807, 2.05) is 55.5 Å². The zero-order valence-corrected chi connectivity index (χ0v) is 11.9. The summed E-state index contributed by atoms with van der Waals surface area (Å²) >= 11 is 0. The number of hydrogen-bond donors (Lipinski definition) is 0. The Labute approximate surface area is 124 Å². The Hall–Kier alpha value is -2.58. The first kappa shape index (κ1) is 14.8. The third kappa shape index (κ3) is 4.20. The Morgan fingerprint density at radius 1 is 1.05 bits per heavy atom. The topological polar surface area (TPSA) is 47.9 Å². The van der Waals surface area contributed by atoms with E-state index in [1.54, 1.807) is 6.08 Å². The second-order valence-electron chi connectivity index (χ2n) is 4.36. The van der Waals surface area contributed by atoms with Gasteiger partial charge in [-0.15, -0.1) is 0 Å². The molecule has 4 heteroatoms. The third-order valence-electron chi connectivity index (χ3n) is 2.90. The molecule has 0 spiro atoms. The summed E-state index contributed by atoms with van der Waals surface area (Å²) in [6, 6.07) is 15.4. The van der Waals surface area contributed by atoms with Crippen molar-refractivity contribution in [2.24, 2.45) is 4.99 Å². The molecule has 0 radical (unpaired) electrons. The fourth-order valence-electron chi connectivity index (χ4n) is 1.97. The maximum atomic E-state index is 10.3. The van der Waals surface area contributed by atoms with Crippen molar-refractivity contribution in [3.8, 4) is 11.5 Å². The van der Waals surface area contributed by atoms with Gasteiger partial charge in [-0.2, -0.15) is 0 Å². The highest BCUT2D eigenvalue weighted by atomic mass is 16.5.